The molecular weight excluding hydrogens is 505 g/mol. The van der Waals surface area contributed by atoms with Crippen molar-refractivity contribution < 1.29 is 32.7 Å². The van der Waals surface area contributed by atoms with Crippen LogP contribution < -0.4 is 5.32 Å². The lowest BCUT2D eigenvalue weighted by Crippen LogP contribution is -2.49. The van der Waals surface area contributed by atoms with E-state index in [0.29, 0.717) is 6.42 Å². The molecule has 9 heteroatoms. The smallest absolute Gasteiger partial charge is 0.408 e. The maximum absolute atomic E-state index is 14.2. The van der Waals surface area contributed by atoms with Crippen molar-refractivity contribution in [2.24, 2.45) is 5.92 Å². The third-order valence-corrected chi connectivity index (χ3v) is 7.69. The first kappa shape index (κ1) is 31.5. The molecule has 1 N–H and O–H groups in total. The molecule has 0 aliphatic carbocycles. The van der Waals surface area contributed by atoms with Gasteiger partial charge in [0, 0.05) is 5.92 Å². The number of hydrogen-bond donors (Lipinski definition) is 1. The zero-order valence-corrected chi connectivity index (χ0v) is 24.5. The molecule has 0 aliphatic heterocycles. The SMILES string of the molecule is CCOC(=O)[C@@H](NC(=O)OCc1ccccc1)[C@@H](Cc1ccccc1)CP(=O)(OC(C)(C)C)OC(C)(C)C. The molecule has 0 spiro atoms. The Balaban J connectivity index is 2.40. The van der Waals surface area contributed by atoms with Crippen molar-refractivity contribution >= 4 is 19.7 Å². The Morgan fingerprint density at radius 1 is 0.816 bits per heavy atom. The van der Waals surface area contributed by atoms with E-state index >= 15 is 0 Å². The van der Waals surface area contributed by atoms with Crippen LogP contribution in [0, 0.1) is 5.92 Å². The monoisotopic (exact) mass is 547 g/mol. The van der Waals surface area contributed by atoms with Crippen LogP contribution >= 0.6 is 7.60 Å². The first-order valence-corrected chi connectivity index (χ1v) is 14.6. The van der Waals surface area contributed by atoms with Crippen LogP contribution in [0.5, 0.6) is 0 Å². The van der Waals surface area contributed by atoms with Crippen molar-refractivity contribution in [3.8, 4) is 0 Å². The number of carbonyl (C=O) groups excluding carboxylic acids is 2. The summed E-state index contributed by atoms with van der Waals surface area (Å²) in [5, 5.41) is 2.67. The fourth-order valence-corrected chi connectivity index (χ4v) is 6.68. The number of ether oxygens (including phenoxy) is 2. The number of nitrogens with one attached hydrogen (secondary N) is 1. The lowest BCUT2D eigenvalue weighted by atomic mass is 9.93. The standard InChI is InChI=1S/C29H42NO7P/c1-8-34-26(31)25(30-27(32)35-20-23-17-13-10-14-18-23)24(19-22-15-11-9-12-16-22)21-38(33,36-28(2,3)4)37-29(5,6)7/h9-18,24-25H,8,19-21H2,1-7H3,(H,30,32)/t24-,25-/m0/s1. The second-order valence-electron chi connectivity index (χ2n) is 11.1. The Morgan fingerprint density at radius 3 is 1.79 bits per heavy atom. The molecule has 0 aromatic heterocycles. The van der Waals surface area contributed by atoms with Gasteiger partial charge in [-0.1, -0.05) is 60.7 Å². The van der Waals surface area contributed by atoms with Crippen LogP contribution in [0.1, 0.15) is 59.6 Å². The van der Waals surface area contributed by atoms with Crippen molar-refractivity contribution in [1.82, 2.24) is 5.32 Å². The molecule has 2 aromatic rings. The van der Waals surface area contributed by atoms with E-state index in [0.717, 1.165) is 11.1 Å². The van der Waals surface area contributed by atoms with Gasteiger partial charge in [0.2, 0.25) is 0 Å². The molecule has 38 heavy (non-hydrogen) atoms. The van der Waals surface area contributed by atoms with Crippen LogP contribution in [-0.4, -0.2) is 42.1 Å². The van der Waals surface area contributed by atoms with Crippen molar-refractivity contribution in [2.45, 2.75) is 78.7 Å². The third kappa shape index (κ3) is 11.8. The molecule has 0 unspecified atom stereocenters. The summed E-state index contributed by atoms with van der Waals surface area (Å²) >= 11 is 0. The van der Waals surface area contributed by atoms with Gasteiger partial charge in [0.25, 0.3) is 0 Å². The molecule has 0 fully saturated rings. The fraction of sp³-hybridized carbons (Fsp3) is 0.517. The highest BCUT2D eigenvalue weighted by Gasteiger charge is 2.42. The molecule has 210 valence electrons. The summed E-state index contributed by atoms with van der Waals surface area (Å²) in [4.78, 5) is 26.0. The molecule has 0 heterocycles. The molecule has 0 bridgehead atoms. The minimum Gasteiger partial charge on any atom is -0.464 e. The first-order chi connectivity index (χ1) is 17.7. The van der Waals surface area contributed by atoms with Crippen LogP contribution in [0.2, 0.25) is 0 Å². The van der Waals surface area contributed by atoms with E-state index in [1.165, 1.54) is 0 Å². The number of esters is 1. The van der Waals surface area contributed by atoms with Gasteiger partial charge in [0.05, 0.1) is 24.0 Å². The van der Waals surface area contributed by atoms with Gasteiger partial charge in [-0.15, -0.1) is 0 Å². The van der Waals surface area contributed by atoms with E-state index in [4.69, 9.17) is 18.5 Å². The Bertz CT molecular complexity index is 1040. The summed E-state index contributed by atoms with van der Waals surface area (Å²) in [6.45, 7) is 12.6. The maximum atomic E-state index is 14.2. The minimum absolute atomic E-state index is 0.0321. The van der Waals surface area contributed by atoms with E-state index in [9.17, 15) is 14.2 Å². The third-order valence-electron chi connectivity index (χ3n) is 5.12. The van der Waals surface area contributed by atoms with Gasteiger partial charge in [0.15, 0.2) is 0 Å². The van der Waals surface area contributed by atoms with E-state index in [-0.39, 0.29) is 19.4 Å². The number of alkyl carbamates (subject to hydrolysis) is 1. The normalized spacial score (nSPS) is 13.9. The summed E-state index contributed by atoms with van der Waals surface area (Å²) in [6, 6.07) is 17.5. The lowest BCUT2D eigenvalue weighted by Gasteiger charge is -2.35. The lowest BCUT2D eigenvalue weighted by molar-refractivity contribution is -0.146. The van der Waals surface area contributed by atoms with Crippen LogP contribution in [0.4, 0.5) is 4.79 Å². The van der Waals surface area contributed by atoms with Gasteiger partial charge < -0.3 is 23.8 Å². The Labute approximate surface area is 226 Å². The highest BCUT2D eigenvalue weighted by Crippen LogP contribution is 2.56. The van der Waals surface area contributed by atoms with Gasteiger partial charge in [-0.05, 0) is 66.0 Å². The fourth-order valence-electron chi connectivity index (χ4n) is 3.91. The molecule has 0 aliphatic rings. The molecule has 0 radical (unpaired) electrons. The minimum atomic E-state index is -3.77. The molecule has 0 saturated heterocycles. The average molecular weight is 548 g/mol. The highest BCUT2D eigenvalue weighted by atomic mass is 31.2. The molecule has 1 amide bonds. The topological polar surface area (TPSA) is 100 Å². The Morgan fingerprint density at radius 2 is 1.32 bits per heavy atom. The number of hydrogen-bond acceptors (Lipinski definition) is 7. The van der Waals surface area contributed by atoms with Gasteiger partial charge in [-0.2, -0.15) is 0 Å². The summed E-state index contributed by atoms with van der Waals surface area (Å²) in [5.74, 6) is -1.33. The van der Waals surface area contributed by atoms with Crippen LogP contribution in [0.3, 0.4) is 0 Å². The van der Waals surface area contributed by atoms with Crippen molar-refractivity contribution in [3.63, 3.8) is 0 Å². The summed E-state index contributed by atoms with van der Waals surface area (Å²) in [7, 11) is -3.77. The molecule has 2 rings (SSSR count). The molecule has 0 saturated carbocycles. The van der Waals surface area contributed by atoms with Gasteiger partial charge in [-0.3, -0.25) is 4.57 Å². The van der Waals surface area contributed by atoms with Gasteiger partial charge >= 0.3 is 19.7 Å². The predicted molar refractivity (Wildman–Crippen MR) is 148 cm³/mol. The number of benzene rings is 2. The van der Waals surface area contributed by atoms with Crippen LogP contribution in [0.25, 0.3) is 0 Å². The number of amides is 1. The van der Waals surface area contributed by atoms with Crippen LogP contribution in [0.15, 0.2) is 60.7 Å². The maximum Gasteiger partial charge on any atom is 0.408 e. The number of rotatable bonds is 12. The van der Waals surface area contributed by atoms with E-state index < -0.39 is 42.8 Å². The van der Waals surface area contributed by atoms with Crippen molar-refractivity contribution in [3.05, 3.63) is 71.8 Å². The molecule has 8 nitrogen and oxygen atoms in total. The molecular formula is C29H42NO7P. The second-order valence-corrected chi connectivity index (χ2v) is 13.0. The van der Waals surface area contributed by atoms with Gasteiger partial charge in [-0.25, -0.2) is 9.59 Å². The highest BCUT2D eigenvalue weighted by molar-refractivity contribution is 7.53. The Hall–Kier alpha value is -2.67. The van der Waals surface area contributed by atoms with Crippen molar-refractivity contribution in [1.29, 1.82) is 0 Å². The largest absolute Gasteiger partial charge is 0.464 e. The predicted octanol–water partition coefficient (Wildman–Crippen LogP) is 6.53. The first-order valence-electron chi connectivity index (χ1n) is 12.9. The second kappa shape index (κ2) is 13.9. The Kier molecular flexibility index (Phi) is 11.6. The zero-order chi connectivity index (χ0) is 28.4. The molecule has 2 aromatic carbocycles. The average Bonchev–Trinajstić information content (AvgIpc) is 2.79. The summed E-state index contributed by atoms with van der Waals surface area (Å²) in [6.07, 6.45) is -0.596. The van der Waals surface area contributed by atoms with E-state index in [1.54, 1.807) is 48.5 Å². The molecule has 2 atom stereocenters. The van der Waals surface area contributed by atoms with E-state index in [1.807, 2.05) is 60.7 Å². The summed E-state index contributed by atoms with van der Waals surface area (Å²) < 4.78 is 36.9. The van der Waals surface area contributed by atoms with Gasteiger partial charge in [0.1, 0.15) is 12.6 Å². The zero-order valence-electron chi connectivity index (χ0n) is 23.6. The quantitative estimate of drug-likeness (QED) is 0.238. The van der Waals surface area contributed by atoms with Crippen LogP contribution in [-0.2, 0) is 40.9 Å². The van der Waals surface area contributed by atoms with Crippen molar-refractivity contribution in [2.75, 3.05) is 12.8 Å². The summed E-state index contributed by atoms with van der Waals surface area (Å²) in [5.41, 5.74) is 0.140. The number of carbonyl (C=O) groups is 2. The van der Waals surface area contributed by atoms with E-state index in [2.05, 4.69) is 5.32 Å².